The number of carbonyl (C=O) groups is 1. The van der Waals surface area contributed by atoms with E-state index in [0.29, 0.717) is 6.54 Å². The molecule has 0 heterocycles. The molecule has 0 radical (unpaired) electrons. The Morgan fingerprint density at radius 1 is 1.21 bits per heavy atom. The van der Waals surface area contributed by atoms with Gasteiger partial charge in [-0.25, -0.2) is 0 Å². The minimum atomic E-state index is -0.0831. The van der Waals surface area contributed by atoms with Crippen LogP contribution in [0.15, 0.2) is 0 Å². The lowest BCUT2D eigenvalue weighted by Gasteiger charge is -2.20. The Labute approximate surface area is 130 Å². The van der Waals surface area contributed by atoms with Crippen LogP contribution in [0.4, 0.5) is 0 Å². The van der Waals surface area contributed by atoms with Crippen LogP contribution < -0.4 is 11.1 Å². The maximum absolute atomic E-state index is 11.6. The summed E-state index contributed by atoms with van der Waals surface area (Å²) in [6, 6.07) is 0.243. The van der Waals surface area contributed by atoms with Gasteiger partial charge in [0.2, 0.25) is 5.91 Å². The van der Waals surface area contributed by atoms with Gasteiger partial charge in [0.1, 0.15) is 0 Å². The lowest BCUT2D eigenvalue weighted by Crippen LogP contribution is -2.39. The molecule has 0 saturated carbocycles. The van der Waals surface area contributed by atoms with Gasteiger partial charge < -0.3 is 16.0 Å². The highest BCUT2D eigenvalue weighted by atomic mass is 35.5. The molecule has 1 amide bonds. The number of amides is 1. The molecule has 0 bridgehead atoms. The summed E-state index contributed by atoms with van der Waals surface area (Å²) in [4.78, 5) is 14.0. The minimum absolute atomic E-state index is 0. The molecular weight excluding hydrogens is 285 g/mol. The molecule has 6 heteroatoms. The van der Waals surface area contributed by atoms with E-state index in [2.05, 4.69) is 31.0 Å². The van der Waals surface area contributed by atoms with Crippen molar-refractivity contribution in [2.75, 3.05) is 26.2 Å². The molecule has 0 aromatic rings. The van der Waals surface area contributed by atoms with Crippen molar-refractivity contribution in [3.8, 4) is 0 Å². The molecule has 2 unspecified atom stereocenters. The van der Waals surface area contributed by atoms with E-state index in [1.165, 1.54) is 0 Å². The number of rotatable bonds is 9. The molecule has 0 aliphatic carbocycles. The van der Waals surface area contributed by atoms with Crippen LogP contribution in [0.5, 0.6) is 0 Å². The van der Waals surface area contributed by atoms with Gasteiger partial charge in [0.25, 0.3) is 0 Å². The Kier molecular flexibility index (Phi) is 18.2. The second kappa shape index (κ2) is 14.4. The summed E-state index contributed by atoms with van der Waals surface area (Å²) in [6.45, 7) is 12.0. The Hall–Kier alpha value is -0.0300. The Bertz CT molecular complexity index is 214. The number of hydrogen-bond donors (Lipinski definition) is 2. The van der Waals surface area contributed by atoms with Gasteiger partial charge in [-0.2, -0.15) is 0 Å². The first kappa shape index (κ1) is 24.0. The van der Waals surface area contributed by atoms with E-state index in [9.17, 15) is 4.79 Å². The van der Waals surface area contributed by atoms with Crippen molar-refractivity contribution in [2.45, 2.75) is 46.6 Å². The molecule has 3 N–H and O–H groups in total. The van der Waals surface area contributed by atoms with Gasteiger partial charge in [-0.1, -0.05) is 20.8 Å². The third kappa shape index (κ3) is 11.5. The Morgan fingerprint density at radius 2 is 1.74 bits per heavy atom. The van der Waals surface area contributed by atoms with E-state index in [1.54, 1.807) is 0 Å². The molecule has 4 nitrogen and oxygen atoms in total. The molecule has 0 rings (SSSR count). The van der Waals surface area contributed by atoms with Crippen LogP contribution in [0, 0.1) is 5.92 Å². The Balaban J connectivity index is -0.00000128. The summed E-state index contributed by atoms with van der Waals surface area (Å²) in [6.07, 6.45) is 2.15. The fraction of sp³-hybridized carbons (Fsp3) is 0.923. The number of halogens is 2. The summed E-state index contributed by atoms with van der Waals surface area (Å²) in [5.74, 6) is -0.0110. The molecule has 0 aliphatic rings. The predicted molar refractivity (Wildman–Crippen MR) is 87.3 cm³/mol. The van der Waals surface area contributed by atoms with E-state index >= 15 is 0 Å². The molecule has 0 aromatic carbocycles. The van der Waals surface area contributed by atoms with Crippen molar-refractivity contribution in [2.24, 2.45) is 11.7 Å². The molecule has 118 valence electrons. The maximum atomic E-state index is 11.6. The van der Waals surface area contributed by atoms with Crippen LogP contribution in [0.2, 0.25) is 0 Å². The summed E-state index contributed by atoms with van der Waals surface area (Å²) in [5.41, 5.74) is 5.46. The summed E-state index contributed by atoms with van der Waals surface area (Å²) in [7, 11) is 0. The van der Waals surface area contributed by atoms with Gasteiger partial charge in [0.15, 0.2) is 0 Å². The monoisotopic (exact) mass is 315 g/mol. The smallest absolute Gasteiger partial charge is 0.224 e. The highest BCUT2D eigenvalue weighted by Crippen LogP contribution is 2.01. The second-order valence-electron chi connectivity index (χ2n) is 4.72. The highest BCUT2D eigenvalue weighted by molar-refractivity contribution is 5.85. The van der Waals surface area contributed by atoms with Crippen LogP contribution >= 0.6 is 24.8 Å². The SMILES string of the molecule is CCN(CC)CCCC(C)NC(=O)C(C)CN.Cl.Cl. The first-order chi connectivity index (χ1) is 8.04. The molecule has 19 heavy (non-hydrogen) atoms. The first-order valence-corrected chi connectivity index (χ1v) is 6.77. The van der Waals surface area contributed by atoms with Crippen molar-refractivity contribution in [3.63, 3.8) is 0 Å². The van der Waals surface area contributed by atoms with E-state index < -0.39 is 0 Å². The number of nitrogens with two attached hydrogens (primary N) is 1. The fourth-order valence-electron chi connectivity index (χ4n) is 1.73. The predicted octanol–water partition coefficient (Wildman–Crippen LogP) is 2.05. The van der Waals surface area contributed by atoms with Crippen LogP contribution in [0.1, 0.15) is 40.5 Å². The molecular formula is C13H31Cl2N3O. The third-order valence-electron chi connectivity index (χ3n) is 3.20. The normalized spacial score (nSPS) is 13.2. The first-order valence-electron chi connectivity index (χ1n) is 6.77. The van der Waals surface area contributed by atoms with Crippen molar-refractivity contribution in [1.29, 1.82) is 0 Å². The number of nitrogens with zero attached hydrogens (tertiary/aromatic N) is 1. The van der Waals surface area contributed by atoms with Crippen molar-refractivity contribution in [1.82, 2.24) is 10.2 Å². The van der Waals surface area contributed by atoms with Crippen molar-refractivity contribution < 1.29 is 4.79 Å². The average Bonchev–Trinajstić information content (AvgIpc) is 2.33. The van der Waals surface area contributed by atoms with E-state index in [4.69, 9.17) is 5.73 Å². The van der Waals surface area contributed by atoms with Gasteiger partial charge in [-0.15, -0.1) is 24.8 Å². The molecule has 0 saturated heterocycles. The molecule has 0 spiro atoms. The highest BCUT2D eigenvalue weighted by Gasteiger charge is 2.13. The maximum Gasteiger partial charge on any atom is 0.224 e. The van der Waals surface area contributed by atoms with Crippen LogP contribution in [0.3, 0.4) is 0 Å². The van der Waals surface area contributed by atoms with Crippen molar-refractivity contribution >= 4 is 30.7 Å². The third-order valence-corrected chi connectivity index (χ3v) is 3.20. The lowest BCUT2D eigenvalue weighted by molar-refractivity contribution is -0.124. The number of nitrogens with one attached hydrogen (secondary N) is 1. The minimum Gasteiger partial charge on any atom is -0.353 e. The van der Waals surface area contributed by atoms with E-state index in [-0.39, 0.29) is 42.7 Å². The quantitative estimate of drug-likeness (QED) is 0.684. The zero-order chi connectivity index (χ0) is 13.3. The van der Waals surface area contributed by atoms with Crippen LogP contribution in [-0.4, -0.2) is 43.0 Å². The second-order valence-corrected chi connectivity index (χ2v) is 4.72. The van der Waals surface area contributed by atoms with Crippen molar-refractivity contribution in [3.05, 3.63) is 0 Å². The van der Waals surface area contributed by atoms with E-state index in [0.717, 1.165) is 32.5 Å². The number of hydrogen-bond acceptors (Lipinski definition) is 3. The van der Waals surface area contributed by atoms with Gasteiger partial charge in [0.05, 0.1) is 0 Å². The lowest BCUT2D eigenvalue weighted by atomic mass is 10.1. The standard InChI is InChI=1S/C13H29N3O.2ClH/c1-5-16(6-2)9-7-8-12(4)15-13(17)11(3)10-14;;/h11-12H,5-10,14H2,1-4H3,(H,15,17);2*1H. The summed E-state index contributed by atoms with van der Waals surface area (Å²) in [5, 5.41) is 3.00. The zero-order valence-corrected chi connectivity index (χ0v) is 14.3. The van der Waals surface area contributed by atoms with Gasteiger partial charge >= 0.3 is 0 Å². The number of carbonyl (C=O) groups excluding carboxylic acids is 1. The van der Waals surface area contributed by atoms with Crippen LogP contribution in [0.25, 0.3) is 0 Å². The molecule has 0 aliphatic heterocycles. The fourth-order valence-corrected chi connectivity index (χ4v) is 1.73. The molecule has 0 fully saturated rings. The van der Waals surface area contributed by atoms with Gasteiger partial charge in [0, 0.05) is 18.5 Å². The topological polar surface area (TPSA) is 58.4 Å². The molecule has 0 aromatic heterocycles. The van der Waals surface area contributed by atoms with Gasteiger partial charge in [-0.05, 0) is 39.4 Å². The summed E-state index contributed by atoms with van der Waals surface area (Å²) < 4.78 is 0. The average molecular weight is 316 g/mol. The van der Waals surface area contributed by atoms with Gasteiger partial charge in [-0.3, -0.25) is 4.79 Å². The Morgan fingerprint density at radius 3 is 2.16 bits per heavy atom. The molecule has 2 atom stereocenters. The zero-order valence-electron chi connectivity index (χ0n) is 12.6. The largest absolute Gasteiger partial charge is 0.353 e. The summed E-state index contributed by atoms with van der Waals surface area (Å²) >= 11 is 0. The van der Waals surface area contributed by atoms with E-state index in [1.807, 2.05) is 6.92 Å². The van der Waals surface area contributed by atoms with Crippen LogP contribution in [-0.2, 0) is 4.79 Å².